The van der Waals surface area contributed by atoms with Crippen molar-refractivity contribution in [3.63, 3.8) is 0 Å². The average molecular weight is 688 g/mol. The van der Waals surface area contributed by atoms with E-state index in [1.54, 1.807) is 48.5 Å². The molecule has 2 amide bonds. The quantitative estimate of drug-likeness (QED) is 0.164. The van der Waals surface area contributed by atoms with Gasteiger partial charge in [-0.25, -0.2) is 8.42 Å². The summed E-state index contributed by atoms with van der Waals surface area (Å²) in [6, 6.07) is 28.9. The number of rotatable bonds is 13. The molecule has 0 aromatic heterocycles. The third kappa shape index (κ3) is 8.57. The van der Waals surface area contributed by atoms with Crippen LogP contribution in [0.15, 0.2) is 108 Å². The zero-order valence-electron chi connectivity index (χ0n) is 27.3. The Hall–Kier alpha value is -4.34. The number of anilines is 1. The summed E-state index contributed by atoms with van der Waals surface area (Å²) in [7, 11) is -2.81. The number of amides is 2. The minimum atomic E-state index is -4.26. The van der Waals surface area contributed by atoms with Crippen molar-refractivity contribution in [3.05, 3.63) is 125 Å². The molecule has 0 radical (unpaired) electrons. The van der Waals surface area contributed by atoms with E-state index in [1.807, 2.05) is 49.4 Å². The summed E-state index contributed by atoms with van der Waals surface area (Å²) in [4.78, 5) is 30.5. The van der Waals surface area contributed by atoms with Crippen LogP contribution in [-0.4, -0.2) is 50.9 Å². The molecule has 0 spiro atoms. The molecule has 0 saturated heterocycles. The van der Waals surface area contributed by atoms with Gasteiger partial charge in [-0.15, -0.1) is 0 Å². The van der Waals surface area contributed by atoms with Crippen LogP contribution in [0, 0.1) is 6.92 Å². The SMILES string of the molecule is COc1ccccc1N(CC(=O)N(Cc1ccccc1Cl)[C@H](Cc1ccccc1)C(=O)NC1CCCCC1)S(=O)(=O)c1ccc(C)cc1. The van der Waals surface area contributed by atoms with Crippen LogP contribution in [0.3, 0.4) is 0 Å². The molecular weight excluding hydrogens is 646 g/mol. The zero-order chi connectivity index (χ0) is 34.1. The summed E-state index contributed by atoms with van der Waals surface area (Å²) in [6.07, 6.45) is 5.17. The smallest absolute Gasteiger partial charge is 0.264 e. The van der Waals surface area contributed by atoms with E-state index < -0.39 is 28.5 Å². The Bertz CT molecular complexity index is 1790. The van der Waals surface area contributed by atoms with Crippen molar-refractivity contribution in [1.82, 2.24) is 10.2 Å². The van der Waals surface area contributed by atoms with Crippen LogP contribution in [0.4, 0.5) is 5.69 Å². The molecule has 5 rings (SSSR count). The molecule has 8 nitrogen and oxygen atoms in total. The lowest BCUT2D eigenvalue weighted by molar-refractivity contribution is -0.140. The number of ether oxygens (including phenoxy) is 1. The van der Waals surface area contributed by atoms with Crippen LogP contribution in [0.2, 0.25) is 5.02 Å². The summed E-state index contributed by atoms with van der Waals surface area (Å²) >= 11 is 6.62. The number of hydrogen-bond donors (Lipinski definition) is 1. The topological polar surface area (TPSA) is 96.0 Å². The molecule has 1 aliphatic carbocycles. The van der Waals surface area contributed by atoms with Gasteiger partial charge in [0, 0.05) is 24.0 Å². The minimum absolute atomic E-state index is 0.00155. The standard InChI is InChI=1S/C38H42ClN3O5S/c1-28-21-23-32(24-22-28)48(45,46)42(34-19-11-12-20-36(34)47-2)27-37(43)41(26-30-15-9-10-18-33(30)39)35(25-29-13-5-3-6-14-29)38(44)40-31-16-7-4-8-17-31/h3,5-6,9-15,18-24,31,35H,4,7-8,16-17,25-27H2,1-2H3,(H,40,44)/t35-/m1/s1. The highest BCUT2D eigenvalue weighted by atomic mass is 35.5. The number of nitrogens with zero attached hydrogens (tertiary/aromatic N) is 2. The van der Waals surface area contributed by atoms with Gasteiger partial charge in [0.05, 0.1) is 17.7 Å². The number of methoxy groups -OCH3 is 1. The second-order valence-electron chi connectivity index (χ2n) is 12.2. The Labute approximate surface area is 288 Å². The monoisotopic (exact) mass is 687 g/mol. The van der Waals surface area contributed by atoms with Crippen LogP contribution in [-0.2, 0) is 32.6 Å². The van der Waals surface area contributed by atoms with Crippen LogP contribution in [0.1, 0.15) is 48.8 Å². The van der Waals surface area contributed by atoms with Crippen LogP contribution < -0.4 is 14.4 Å². The lowest BCUT2D eigenvalue weighted by atomic mass is 9.94. The van der Waals surface area contributed by atoms with E-state index in [9.17, 15) is 18.0 Å². The Morgan fingerprint density at radius 2 is 1.52 bits per heavy atom. The number of halogens is 1. The fraction of sp³-hybridized carbons (Fsp3) is 0.316. The molecule has 1 fully saturated rings. The van der Waals surface area contributed by atoms with Gasteiger partial charge in [-0.1, -0.05) is 109 Å². The first kappa shape index (κ1) is 35.0. The molecule has 1 atom stereocenters. The van der Waals surface area contributed by atoms with E-state index in [2.05, 4.69) is 5.32 Å². The summed E-state index contributed by atoms with van der Waals surface area (Å²) in [5.74, 6) is -0.554. The number of nitrogens with one attached hydrogen (secondary N) is 1. The average Bonchev–Trinajstić information content (AvgIpc) is 3.10. The van der Waals surface area contributed by atoms with Gasteiger partial charge in [0.15, 0.2) is 0 Å². The summed E-state index contributed by atoms with van der Waals surface area (Å²) in [5.41, 5.74) is 2.61. The fourth-order valence-corrected chi connectivity index (χ4v) is 7.72. The molecule has 1 N–H and O–H groups in total. The van der Waals surface area contributed by atoms with Gasteiger partial charge in [-0.2, -0.15) is 0 Å². The molecule has 252 valence electrons. The maximum Gasteiger partial charge on any atom is 0.264 e. The maximum absolute atomic E-state index is 14.8. The zero-order valence-corrected chi connectivity index (χ0v) is 28.9. The van der Waals surface area contributed by atoms with E-state index >= 15 is 0 Å². The number of aryl methyl sites for hydroxylation is 1. The van der Waals surface area contributed by atoms with E-state index in [1.165, 1.54) is 24.1 Å². The molecule has 0 heterocycles. The number of sulfonamides is 1. The minimum Gasteiger partial charge on any atom is -0.495 e. The molecule has 4 aromatic rings. The van der Waals surface area contributed by atoms with E-state index in [4.69, 9.17) is 16.3 Å². The van der Waals surface area contributed by atoms with E-state index in [0.717, 1.165) is 47.5 Å². The second-order valence-corrected chi connectivity index (χ2v) is 14.4. The Kier molecular flexibility index (Phi) is 11.8. The van der Waals surface area contributed by atoms with Crippen LogP contribution >= 0.6 is 11.6 Å². The summed E-state index contributed by atoms with van der Waals surface area (Å²) in [5, 5.41) is 3.66. The van der Waals surface area contributed by atoms with Gasteiger partial charge in [0.1, 0.15) is 18.3 Å². The second kappa shape index (κ2) is 16.2. The molecule has 10 heteroatoms. The Morgan fingerprint density at radius 1 is 0.875 bits per heavy atom. The largest absolute Gasteiger partial charge is 0.495 e. The van der Waals surface area contributed by atoms with Crippen LogP contribution in [0.25, 0.3) is 0 Å². The first-order valence-electron chi connectivity index (χ1n) is 16.3. The number of hydrogen-bond acceptors (Lipinski definition) is 5. The molecule has 0 unspecified atom stereocenters. The molecular formula is C38H42ClN3O5S. The number of benzene rings is 4. The first-order valence-corrected chi connectivity index (χ1v) is 18.1. The highest BCUT2D eigenvalue weighted by Gasteiger charge is 2.36. The van der Waals surface area contributed by atoms with Crippen molar-refractivity contribution in [2.45, 2.75) is 69.0 Å². The third-order valence-electron chi connectivity index (χ3n) is 8.76. The summed E-state index contributed by atoms with van der Waals surface area (Å²) < 4.78 is 35.3. The predicted octanol–water partition coefficient (Wildman–Crippen LogP) is 6.94. The van der Waals surface area contributed by atoms with Crippen molar-refractivity contribution in [2.75, 3.05) is 18.0 Å². The van der Waals surface area contributed by atoms with Crippen molar-refractivity contribution < 1.29 is 22.7 Å². The van der Waals surface area contributed by atoms with Gasteiger partial charge in [-0.05, 0) is 61.2 Å². The van der Waals surface area contributed by atoms with Gasteiger partial charge in [-0.3, -0.25) is 13.9 Å². The van der Waals surface area contributed by atoms with Gasteiger partial charge in [0.2, 0.25) is 11.8 Å². The van der Waals surface area contributed by atoms with Crippen molar-refractivity contribution in [3.8, 4) is 5.75 Å². The summed E-state index contributed by atoms with van der Waals surface area (Å²) in [6.45, 7) is 1.29. The maximum atomic E-state index is 14.8. The number of carbonyl (C=O) groups is 2. The fourth-order valence-electron chi connectivity index (χ4n) is 6.10. The number of para-hydroxylation sites is 2. The number of carbonyl (C=O) groups excluding carboxylic acids is 2. The predicted molar refractivity (Wildman–Crippen MR) is 190 cm³/mol. The van der Waals surface area contributed by atoms with Crippen molar-refractivity contribution in [2.24, 2.45) is 0 Å². The Balaban J connectivity index is 1.59. The van der Waals surface area contributed by atoms with Gasteiger partial charge in [0.25, 0.3) is 10.0 Å². The van der Waals surface area contributed by atoms with Crippen molar-refractivity contribution in [1.29, 1.82) is 0 Å². The highest BCUT2D eigenvalue weighted by molar-refractivity contribution is 7.92. The lowest BCUT2D eigenvalue weighted by Gasteiger charge is -2.35. The van der Waals surface area contributed by atoms with Gasteiger partial charge >= 0.3 is 0 Å². The van der Waals surface area contributed by atoms with Crippen molar-refractivity contribution >= 4 is 39.1 Å². The van der Waals surface area contributed by atoms with Crippen LogP contribution in [0.5, 0.6) is 5.75 Å². The molecule has 1 saturated carbocycles. The molecule has 1 aliphatic rings. The lowest BCUT2D eigenvalue weighted by Crippen LogP contribution is -2.55. The van der Waals surface area contributed by atoms with E-state index in [0.29, 0.717) is 10.6 Å². The third-order valence-corrected chi connectivity index (χ3v) is 10.9. The van der Waals surface area contributed by atoms with Gasteiger partial charge < -0.3 is 15.0 Å². The Morgan fingerprint density at radius 3 is 2.21 bits per heavy atom. The molecule has 48 heavy (non-hydrogen) atoms. The molecule has 0 bridgehead atoms. The molecule has 0 aliphatic heterocycles. The van der Waals surface area contributed by atoms with E-state index in [-0.39, 0.29) is 41.2 Å². The molecule has 4 aromatic carbocycles. The highest BCUT2D eigenvalue weighted by Crippen LogP contribution is 2.33. The first-order chi connectivity index (χ1) is 23.2. The normalized spacial score (nSPS) is 14.1.